The van der Waals surface area contributed by atoms with Gasteiger partial charge in [0.15, 0.2) is 0 Å². The number of aryl methyl sites for hydroxylation is 5. The Morgan fingerprint density at radius 2 is 0.800 bits per heavy atom. The molecule has 0 aliphatic carbocycles. The number of anilines is 13. The predicted molar refractivity (Wildman–Crippen MR) is 416 cm³/mol. The van der Waals surface area contributed by atoms with Gasteiger partial charge in [0.05, 0.1) is 33.3 Å². The molecule has 0 saturated carbocycles. The smallest absolute Gasteiger partial charge is 0.232 e. The van der Waals surface area contributed by atoms with Crippen molar-refractivity contribution in [3.05, 3.63) is 238 Å². The number of rotatable bonds is 22. The van der Waals surface area contributed by atoms with E-state index < -0.39 is 0 Å². The van der Waals surface area contributed by atoms with E-state index in [1.54, 1.807) is 13.2 Å². The molecule has 0 spiro atoms. The molecule has 0 atom stereocenters. The Kier molecular flexibility index (Phi) is 27.1. The van der Waals surface area contributed by atoms with Gasteiger partial charge in [0.1, 0.15) is 34.9 Å². The summed E-state index contributed by atoms with van der Waals surface area (Å²) >= 11 is 0. The van der Waals surface area contributed by atoms with Gasteiger partial charge in [0.25, 0.3) is 0 Å². The van der Waals surface area contributed by atoms with Gasteiger partial charge in [-0.25, -0.2) is 4.39 Å². The highest BCUT2D eigenvalue weighted by Gasteiger charge is 2.21. The zero-order chi connectivity index (χ0) is 74.2. The van der Waals surface area contributed by atoms with Crippen molar-refractivity contribution in [3.63, 3.8) is 0 Å². The molecular formula is C77H95FN26O. The first kappa shape index (κ1) is 76.0. The zero-order valence-corrected chi connectivity index (χ0v) is 61.2. The first-order chi connectivity index (χ1) is 50.6. The predicted octanol–water partition coefficient (Wildman–Crippen LogP) is 10.8. The molecule has 4 aromatic heterocycles. The number of likely N-dealkylation sites (N-methyl/N-ethyl adjacent to an activating group) is 1. The molecule has 2 aliphatic rings. The fourth-order valence-corrected chi connectivity index (χ4v) is 11.3. The van der Waals surface area contributed by atoms with Crippen molar-refractivity contribution < 1.29 is 9.13 Å². The monoisotopic (exact) mass is 1420 g/mol. The molecule has 13 rings (SSSR count). The van der Waals surface area contributed by atoms with Crippen LogP contribution in [0.5, 0.6) is 5.75 Å². The maximum Gasteiger partial charge on any atom is 0.232 e. The Labute approximate surface area is 613 Å². The molecule has 27 nitrogen and oxygen atoms in total. The number of benzene rings is 7. The van der Waals surface area contributed by atoms with E-state index in [9.17, 15) is 4.39 Å². The third-order valence-electron chi connectivity index (χ3n) is 17.0. The minimum absolute atomic E-state index is 0.156. The van der Waals surface area contributed by atoms with Gasteiger partial charge >= 0.3 is 0 Å². The molecule has 0 unspecified atom stereocenters. The number of halogens is 1. The molecule has 2 fully saturated rings. The van der Waals surface area contributed by atoms with Crippen molar-refractivity contribution in [2.75, 3.05) is 130 Å². The lowest BCUT2D eigenvalue weighted by atomic mass is 10.1. The van der Waals surface area contributed by atoms with Gasteiger partial charge in [-0.3, -0.25) is 19.6 Å². The second kappa shape index (κ2) is 37.5. The average molecular weight is 1420 g/mol. The molecule has 0 amide bonds. The number of para-hydroxylation sites is 1. The molecule has 0 radical (unpaired) electrons. The van der Waals surface area contributed by atoms with Gasteiger partial charge < -0.3 is 58.7 Å². The molecule has 2 saturated heterocycles. The largest absolute Gasteiger partial charge is 0.497 e. The van der Waals surface area contributed by atoms with Gasteiger partial charge in [-0.05, 0) is 139 Å². The SMILES string of the molecule is COc1cccc(N2CCN(Cc3nc(N)nc(Nc4ccc(C)cc4)n3)CC2)c1.Cc1ccc(CN(C)Cc2nc(N)nc(Nc3ccccc3C)n2)cc1.Cc1ccc(Nc2nc(N)nc(CN(C)Cc3cccc(F)c3)n2)cc1.Cc1ccc(Nc2nc(N)nc(CN3CCN(C)CC3)n2)cc1. The Hall–Kier alpha value is -11.7. The summed E-state index contributed by atoms with van der Waals surface area (Å²) in [5, 5.41) is 12.8. The van der Waals surface area contributed by atoms with Crippen molar-refractivity contribution in [1.29, 1.82) is 0 Å². The van der Waals surface area contributed by atoms with E-state index in [-0.39, 0.29) is 29.6 Å². The quantitative estimate of drug-likeness (QED) is 0.0312. The van der Waals surface area contributed by atoms with Crippen LogP contribution in [-0.4, -0.2) is 165 Å². The maximum atomic E-state index is 13.3. The van der Waals surface area contributed by atoms with Crippen LogP contribution in [0.4, 0.5) is 80.4 Å². The topological polar surface area (TPSA) is 336 Å². The Morgan fingerprint density at radius 1 is 0.400 bits per heavy atom. The van der Waals surface area contributed by atoms with Crippen molar-refractivity contribution in [2.45, 2.75) is 73.9 Å². The van der Waals surface area contributed by atoms with E-state index in [1.165, 1.54) is 45.6 Å². The highest BCUT2D eigenvalue weighted by Crippen LogP contribution is 2.25. The van der Waals surface area contributed by atoms with Crippen LogP contribution < -0.4 is 53.8 Å². The van der Waals surface area contributed by atoms with Crippen molar-refractivity contribution >= 4 is 76.0 Å². The minimum atomic E-state index is -0.245. The third-order valence-corrected chi connectivity index (χ3v) is 17.0. The summed E-state index contributed by atoms with van der Waals surface area (Å²) in [6.07, 6.45) is 0. The fraction of sp³-hybridized carbons (Fsp3) is 0.299. The summed E-state index contributed by atoms with van der Waals surface area (Å²) < 4.78 is 18.6. The van der Waals surface area contributed by atoms with Crippen LogP contribution >= 0.6 is 0 Å². The number of hydrogen-bond acceptors (Lipinski definition) is 27. The number of piperazine rings is 2. The molecule has 105 heavy (non-hydrogen) atoms. The number of nitrogens with two attached hydrogens (primary N) is 4. The van der Waals surface area contributed by atoms with Gasteiger partial charge in [-0.1, -0.05) is 119 Å². The first-order valence-electron chi connectivity index (χ1n) is 34.7. The number of nitrogen functional groups attached to an aromatic ring is 4. The van der Waals surface area contributed by atoms with E-state index in [0.29, 0.717) is 79.8 Å². The van der Waals surface area contributed by atoms with Crippen molar-refractivity contribution in [3.8, 4) is 5.75 Å². The summed E-state index contributed by atoms with van der Waals surface area (Å²) in [7, 11) is 7.79. The van der Waals surface area contributed by atoms with Crippen LogP contribution in [0.2, 0.25) is 0 Å². The summed E-state index contributed by atoms with van der Waals surface area (Å²) in [6.45, 7) is 21.9. The minimum Gasteiger partial charge on any atom is -0.497 e. The lowest BCUT2D eigenvalue weighted by Crippen LogP contribution is -2.46. The third kappa shape index (κ3) is 25.1. The molecule has 28 heteroatoms. The van der Waals surface area contributed by atoms with E-state index >= 15 is 0 Å². The summed E-state index contributed by atoms with van der Waals surface area (Å²) in [5.41, 5.74) is 36.4. The van der Waals surface area contributed by atoms with Crippen LogP contribution in [0.15, 0.2) is 170 Å². The molecule has 6 heterocycles. The number of nitrogens with zero attached hydrogens (tertiary/aromatic N) is 18. The zero-order valence-electron chi connectivity index (χ0n) is 61.2. The molecule has 12 N–H and O–H groups in total. The standard InChI is InChI=1S/C22H27N7O.C20H24N6.C19H21FN6.C16H23N7/c1-16-6-8-17(9-7-16)24-22-26-20(25-21(23)27-22)15-28-10-12-29(13-11-28)18-4-3-5-19(14-18)30-2;1-14-8-10-16(11-9-14)12-26(3)13-18-23-19(21)25-20(24-18)22-17-7-5-4-6-15(17)2;1-13-6-8-16(9-7-13)22-19-24-17(23-18(21)25-19)12-26(2)11-14-4-3-5-15(20)10-14;1-12-3-5-13(6-4-12)18-16-20-14(19-15(17)21-16)11-23-9-7-22(2)8-10-23/h3-9,14H,10-13,15H2,1-2H3,(H3,23,24,25,26,27);4-11H,12-13H2,1-3H3,(H3,21,22,23,24,25);3-10H,11-12H2,1-2H3,(H3,21,22,23,24,25);3-6H,7-11H2,1-2H3,(H3,17,18,19,20,21). The second-order valence-corrected chi connectivity index (χ2v) is 26.2. The van der Waals surface area contributed by atoms with Crippen LogP contribution in [0, 0.1) is 40.4 Å². The van der Waals surface area contributed by atoms with E-state index in [4.69, 9.17) is 27.7 Å². The number of methoxy groups -OCH3 is 1. The second-order valence-electron chi connectivity index (χ2n) is 26.2. The highest BCUT2D eigenvalue weighted by molar-refractivity contribution is 5.59. The summed E-state index contributed by atoms with van der Waals surface area (Å²) in [6, 6.07) is 55.2. The number of nitrogens with one attached hydrogen (secondary N) is 4. The lowest BCUT2D eigenvalue weighted by Gasteiger charge is -2.35. The highest BCUT2D eigenvalue weighted by atomic mass is 19.1. The van der Waals surface area contributed by atoms with E-state index in [1.807, 2.05) is 148 Å². The van der Waals surface area contributed by atoms with Gasteiger partial charge in [-0.15, -0.1) is 0 Å². The fourth-order valence-electron chi connectivity index (χ4n) is 11.3. The van der Waals surface area contributed by atoms with Crippen LogP contribution in [-0.2, 0) is 39.3 Å². The number of ether oxygens (including phenoxy) is 1. The van der Waals surface area contributed by atoms with Crippen molar-refractivity contribution in [2.24, 2.45) is 0 Å². The summed E-state index contributed by atoms with van der Waals surface area (Å²) in [4.78, 5) is 65.3. The first-order valence-corrected chi connectivity index (χ1v) is 34.7. The Balaban J connectivity index is 0.000000151. The maximum absolute atomic E-state index is 13.3. The van der Waals surface area contributed by atoms with E-state index in [0.717, 1.165) is 98.5 Å². The van der Waals surface area contributed by atoms with Crippen LogP contribution in [0.25, 0.3) is 0 Å². The molecule has 2 aliphatic heterocycles. The number of hydrogen-bond donors (Lipinski definition) is 8. The lowest BCUT2D eigenvalue weighted by molar-refractivity contribution is 0.145. The van der Waals surface area contributed by atoms with Gasteiger partial charge in [0.2, 0.25) is 47.6 Å². The average Bonchev–Trinajstić information content (AvgIpc) is 0.849. The van der Waals surface area contributed by atoms with Gasteiger partial charge in [-0.2, -0.15) is 59.8 Å². The Morgan fingerprint density at radius 3 is 1.25 bits per heavy atom. The van der Waals surface area contributed by atoms with Crippen LogP contribution in [0.1, 0.15) is 62.2 Å². The van der Waals surface area contributed by atoms with Crippen LogP contribution in [0.3, 0.4) is 0 Å². The molecule has 11 aromatic rings. The van der Waals surface area contributed by atoms with Gasteiger partial charge in [0, 0.05) is 100.0 Å². The van der Waals surface area contributed by atoms with Crippen molar-refractivity contribution in [1.82, 2.24) is 84.3 Å². The number of aromatic nitrogens is 12. The molecule has 546 valence electrons. The molecule has 0 bridgehead atoms. The van der Waals surface area contributed by atoms with E-state index in [2.05, 4.69) is 170 Å². The normalized spacial score (nSPS) is 13.2. The molecule has 7 aromatic carbocycles. The Bertz CT molecular complexity index is 4540. The summed E-state index contributed by atoms with van der Waals surface area (Å²) in [5.74, 6) is 5.87. The molecular weight excluding hydrogens is 1320 g/mol.